The van der Waals surface area contributed by atoms with Gasteiger partial charge in [-0.15, -0.1) is 0 Å². The molecule has 2 N–H and O–H groups in total. The molecule has 1 atom stereocenters. The van der Waals surface area contributed by atoms with Crippen LogP contribution in [0.1, 0.15) is 32.1 Å². The van der Waals surface area contributed by atoms with Crippen molar-refractivity contribution < 1.29 is 18.3 Å². The summed E-state index contributed by atoms with van der Waals surface area (Å²) in [7, 11) is -3.85. The smallest absolute Gasteiger partial charge is 0.322 e. The lowest BCUT2D eigenvalue weighted by atomic mass is 9.84. The largest absolute Gasteiger partial charge is 0.480 e. The Morgan fingerprint density at radius 3 is 2.60 bits per heavy atom. The molecule has 0 bridgehead atoms. The Labute approximate surface area is 118 Å². The van der Waals surface area contributed by atoms with E-state index in [1.165, 1.54) is 24.5 Å². The third-order valence-corrected chi connectivity index (χ3v) is 5.04. The highest BCUT2D eigenvalue weighted by molar-refractivity contribution is 7.89. The summed E-state index contributed by atoms with van der Waals surface area (Å²) < 4.78 is 26.7. The van der Waals surface area contributed by atoms with Gasteiger partial charge in [0.25, 0.3) is 0 Å². The van der Waals surface area contributed by atoms with Crippen LogP contribution in [0, 0.1) is 5.92 Å². The number of aromatic nitrogens is 1. The number of hydrogen-bond donors (Lipinski definition) is 2. The van der Waals surface area contributed by atoms with Crippen LogP contribution in [0.5, 0.6) is 0 Å². The second-order valence-corrected chi connectivity index (χ2v) is 6.74. The normalized spacial score (nSPS) is 18.6. The van der Waals surface area contributed by atoms with Crippen LogP contribution in [0.4, 0.5) is 0 Å². The molecule has 1 aliphatic rings. The topological polar surface area (TPSA) is 96.4 Å². The van der Waals surface area contributed by atoms with Crippen molar-refractivity contribution in [3.8, 4) is 0 Å². The van der Waals surface area contributed by atoms with Crippen LogP contribution in [-0.2, 0) is 14.8 Å². The first-order valence-electron chi connectivity index (χ1n) is 6.66. The minimum Gasteiger partial charge on any atom is -0.480 e. The number of nitrogens with zero attached hydrogens (tertiary/aromatic N) is 1. The number of aliphatic carboxylic acids is 1. The Kier molecular flexibility index (Phi) is 4.72. The molecule has 0 spiro atoms. The van der Waals surface area contributed by atoms with Gasteiger partial charge in [-0.25, -0.2) is 8.42 Å². The van der Waals surface area contributed by atoms with Gasteiger partial charge >= 0.3 is 5.97 Å². The average Bonchev–Trinajstić information content (AvgIpc) is 2.46. The summed E-state index contributed by atoms with van der Waals surface area (Å²) in [6, 6.07) is 1.83. The van der Waals surface area contributed by atoms with E-state index in [9.17, 15) is 18.3 Å². The fourth-order valence-electron chi connectivity index (χ4n) is 2.56. The molecule has 7 heteroatoms. The molecular weight excluding hydrogens is 280 g/mol. The van der Waals surface area contributed by atoms with Crippen molar-refractivity contribution in [3.63, 3.8) is 0 Å². The van der Waals surface area contributed by atoms with E-state index in [2.05, 4.69) is 9.71 Å². The van der Waals surface area contributed by atoms with Gasteiger partial charge in [0.2, 0.25) is 10.0 Å². The van der Waals surface area contributed by atoms with E-state index in [0.29, 0.717) is 0 Å². The molecular formula is C13H18N2O4S. The van der Waals surface area contributed by atoms with E-state index < -0.39 is 22.0 Å². The number of carboxylic acids is 1. The number of sulfonamides is 1. The molecule has 1 aliphatic carbocycles. The molecule has 1 unspecified atom stereocenters. The zero-order chi connectivity index (χ0) is 14.6. The molecule has 0 aliphatic heterocycles. The van der Waals surface area contributed by atoms with Crippen molar-refractivity contribution in [2.75, 3.05) is 0 Å². The monoisotopic (exact) mass is 298 g/mol. The van der Waals surface area contributed by atoms with Gasteiger partial charge < -0.3 is 5.11 Å². The van der Waals surface area contributed by atoms with Crippen LogP contribution < -0.4 is 4.72 Å². The van der Waals surface area contributed by atoms with Crippen LogP contribution in [0.15, 0.2) is 29.4 Å². The lowest BCUT2D eigenvalue weighted by Gasteiger charge is -2.27. The van der Waals surface area contributed by atoms with Crippen molar-refractivity contribution >= 4 is 16.0 Å². The molecule has 1 saturated carbocycles. The molecule has 1 fully saturated rings. The van der Waals surface area contributed by atoms with Crippen molar-refractivity contribution in [2.45, 2.75) is 43.0 Å². The molecule has 2 rings (SSSR count). The molecule has 6 nitrogen and oxygen atoms in total. The van der Waals surface area contributed by atoms with E-state index in [0.717, 1.165) is 32.1 Å². The predicted molar refractivity (Wildman–Crippen MR) is 72.6 cm³/mol. The fraction of sp³-hybridized carbons (Fsp3) is 0.538. The molecule has 110 valence electrons. The summed E-state index contributed by atoms with van der Waals surface area (Å²) in [5.74, 6) is -1.27. The van der Waals surface area contributed by atoms with Gasteiger partial charge in [0, 0.05) is 12.4 Å². The Bertz CT molecular complexity index is 553. The highest BCUT2D eigenvalue weighted by Crippen LogP contribution is 2.27. The van der Waals surface area contributed by atoms with E-state index in [4.69, 9.17) is 0 Å². The van der Waals surface area contributed by atoms with Gasteiger partial charge in [-0.05, 0) is 30.9 Å². The Morgan fingerprint density at radius 2 is 2.05 bits per heavy atom. The highest BCUT2D eigenvalue weighted by atomic mass is 32.2. The van der Waals surface area contributed by atoms with Gasteiger partial charge in [-0.1, -0.05) is 19.3 Å². The lowest BCUT2D eigenvalue weighted by molar-refractivity contribution is -0.140. The molecule has 20 heavy (non-hydrogen) atoms. The quantitative estimate of drug-likeness (QED) is 0.856. The molecule has 0 aromatic carbocycles. The molecule has 0 radical (unpaired) electrons. The van der Waals surface area contributed by atoms with Crippen LogP contribution >= 0.6 is 0 Å². The van der Waals surface area contributed by atoms with Crippen molar-refractivity contribution in [2.24, 2.45) is 5.92 Å². The Hall–Kier alpha value is -1.47. The summed E-state index contributed by atoms with van der Waals surface area (Å²) >= 11 is 0. The van der Waals surface area contributed by atoms with E-state index >= 15 is 0 Å². The summed E-state index contributed by atoms with van der Waals surface area (Å²) in [4.78, 5) is 15.1. The van der Waals surface area contributed by atoms with Crippen LogP contribution in [-0.4, -0.2) is 30.5 Å². The maximum Gasteiger partial charge on any atom is 0.322 e. The zero-order valence-electron chi connectivity index (χ0n) is 11.0. The standard InChI is InChI=1S/C13H18N2O4S/c16-13(17)12(10-5-2-1-3-6-10)15-20(18,19)11-7-4-8-14-9-11/h4,7-10,12,15H,1-3,5-6H2,(H,16,17). The fourth-order valence-corrected chi connectivity index (χ4v) is 3.78. The second-order valence-electron chi connectivity index (χ2n) is 5.02. The number of hydrogen-bond acceptors (Lipinski definition) is 4. The third kappa shape index (κ3) is 3.55. The van der Waals surface area contributed by atoms with E-state index in [1.807, 2.05) is 0 Å². The molecule has 1 aromatic heterocycles. The number of nitrogens with one attached hydrogen (secondary N) is 1. The zero-order valence-corrected chi connectivity index (χ0v) is 11.8. The van der Waals surface area contributed by atoms with Gasteiger partial charge in [0.15, 0.2) is 0 Å². The molecule has 1 heterocycles. The first-order valence-corrected chi connectivity index (χ1v) is 8.14. The molecule has 1 aromatic rings. The number of rotatable bonds is 5. The van der Waals surface area contributed by atoms with Crippen LogP contribution in [0.25, 0.3) is 0 Å². The summed E-state index contributed by atoms with van der Waals surface area (Å²) in [6.45, 7) is 0. The van der Waals surface area contributed by atoms with Crippen LogP contribution in [0.3, 0.4) is 0 Å². The average molecular weight is 298 g/mol. The van der Waals surface area contributed by atoms with E-state index in [-0.39, 0.29) is 10.8 Å². The van der Waals surface area contributed by atoms with E-state index in [1.54, 1.807) is 0 Å². The first kappa shape index (κ1) is 14.9. The summed E-state index contributed by atoms with van der Waals surface area (Å²) in [5.41, 5.74) is 0. The summed E-state index contributed by atoms with van der Waals surface area (Å²) in [6.07, 6.45) is 7.14. The second kappa shape index (κ2) is 6.32. The number of carboxylic acid groups (broad SMARTS) is 1. The molecule has 0 amide bonds. The molecule has 0 saturated heterocycles. The predicted octanol–water partition coefficient (Wildman–Crippen LogP) is 1.39. The third-order valence-electron chi connectivity index (χ3n) is 3.61. The van der Waals surface area contributed by atoms with Gasteiger partial charge in [-0.3, -0.25) is 9.78 Å². The van der Waals surface area contributed by atoms with Crippen molar-refractivity contribution in [1.82, 2.24) is 9.71 Å². The highest BCUT2D eigenvalue weighted by Gasteiger charge is 2.33. The number of carbonyl (C=O) groups is 1. The summed E-state index contributed by atoms with van der Waals surface area (Å²) in [5, 5.41) is 9.29. The van der Waals surface area contributed by atoms with Gasteiger partial charge in [-0.2, -0.15) is 4.72 Å². The maximum atomic E-state index is 12.2. The lowest BCUT2D eigenvalue weighted by Crippen LogP contribution is -2.46. The first-order chi connectivity index (χ1) is 9.50. The van der Waals surface area contributed by atoms with Crippen LogP contribution in [0.2, 0.25) is 0 Å². The Balaban J connectivity index is 2.17. The number of pyridine rings is 1. The van der Waals surface area contributed by atoms with Crippen molar-refractivity contribution in [3.05, 3.63) is 24.5 Å². The SMILES string of the molecule is O=C(O)C(NS(=O)(=O)c1cccnc1)C1CCCCC1. The minimum absolute atomic E-state index is 0.0120. The van der Waals surface area contributed by atoms with Gasteiger partial charge in [0.05, 0.1) is 0 Å². The Morgan fingerprint density at radius 1 is 1.35 bits per heavy atom. The van der Waals surface area contributed by atoms with Crippen molar-refractivity contribution in [1.29, 1.82) is 0 Å². The van der Waals surface area contributed by atoms with Gasteiger partial charge in [0.1, 0.15) is 10.9 Å². The minimum atomic E-state index is -3.85. The maximum absolute atomic E-state index is 12.2.